The molecule has 0 bridgehead atoms. The van der Waals surface area contributed by atoms with Crippen LogP contribution < -0.4 is 19.6 Å². The minimum absolute atomic E-state index is 0.183. The van der Waals surface area contributed by atoms with E-state index in [2.05, 4.69) is 10.5 Å². The lowest BCUT2D eigenvalue weighted by molar-refractivity contribution is -0.123. The Labute approximate surface area is 200 Å². The third-order valence-electron chi connectivity index (χ3n) is 4.17. The Balaban J connectivity index is 1.57. The van der Waals surface area contributed by atoms with Gasteiger partial charge in [-0.3, -0.25) is 4.79 Å². The third kappa shape index (κ3) is 7.05. The van der Waals surface area contributed by atoms with Crippen LogP contribution in [0.2, 0.25) is 15.1 Å². The van der Waals surface area contributed by atoms with E-state index in [1.54, 1.807) is 67.8 Å². The predicted molar refractivity (Wildman–Crippen MR) is 126 cm³/mol. The highest BCUT2D eigenvalue weighted by atomic mass is 35.5. The lowest BCUT2D eigenvalue weighted by atomic mass is 10.2. The van der Waals surface area contributed by atoms with Crippen LogP contribution in [-0.2, 0) is 11.4 Å². The van der Waals surface area contributed by atoms with Crippen molar-refractivity contribution in [3.63, 3.8) is 0 Å². The molecule has 0 saturated carbocycles. The summed E-state index contributed by atoms with van der Waals surface area (Å²) < 4.78 is 16.6. The molecule has 0 fully saturated rings. The van der Waals surface area contributed by atoms with Crippen LogP contribution >= 0.6 is 34.8 Å². The van der Waals surface area contributed by atoms with E-state index in [0.29, 0.717) is 37.9 Å². The largest absolute Gasteiger partial charge is 0.493 e. The van der Waals surface area contributed by atoms with E-state index < -0.39 is 5.91 Å². The third-order valence-corrected chi connectivity index (χ3v) is 5.01. The summed E-state index contributed by atoms with van der Waals surface area (Å²) in [5.74, 6) is 1.18. The summed E-state index contributed by atoms with van der Waals surface area (Å²) in [7, 11) is 1.55. The highest BCUT2D eigenvalue weighted by molar-refractivity contribution is 6.35. The number of carbonyl (C=O) groups is 1. The Hall–Kier alpha value is -2.93. The Kier molecular flexibility index (Phi) is 8.62. The van der Waals surface area contributed by atoms with Gasteiger partial charge in [-0.05, 0) is 60.2 Å². The quantitative estimate of drug-likeness (QED) is 0.304. The molecule has 0 atom stereocenters. The van der Waals surface area contributed by atoms with E-state index in [9.17, 15) is 4.79 Å². The van der Waals surface area contributed by atoms with Crippen molar-refractivity contribution in [3.05, 3.63) is 86.9 Å². The molecule has 3 aromatic rings. The maximum atomic E-state index is 11.9. The number of ether oxygens (including phenoxy) is 3. The smallest absolute Gasteiger partial charge is 0.277 e. The first kappa shape index (κ1) is 23.7. The second kappa shape index (κ2) is 11.6. The number of methoxy groups -OCH3 is 1. The molecule has 0 spiro atoms. The van der Waals surface area contributed by atoms with Crippen molar-refractivity contribution in [2.75, 3.05) is 13.7 Å². The van der Waals surface area contributed by atoms with E-state index in [0.717, 1.165) is 5.56 Å². The van der Waals surface area contributed by atoms with Crippen molar-refractivity contribution in [3.8, 4) is 17.2 Å². The average Bonchev–Trinajstić information content (AvgIpc) is 2.78. The SMILES string of the molecule is COc1ccc(C=NNC(=O)COc2ccc(Cl)cc2)cc1OCc1ccc(Cl)cc1Cl. The van der Waals surface area contributed by atoms with E-state index in [1.165, 1.54) is 6.21 Å². The van der Waals surface area contributed by atoms with E-state index in [1.807, 2.05) is 0 Å². The van der Waals surface area contributed by atoms with Gasteiger partial charge in [-0.1, -0.05) is 40.9 Å². The first-order chi connectivity index (χ1) is 15.4. The molecule has 9 heteroatoms. The fourth-order valence-corrected chi connectivity index (χ4v) is 3.16. The first-order valence-corrected chi connectivity index (χ1v) is 10.5. The maximum absolute atomic E-state index is 11.9. The Bertz CT molecular complexity index is 1100. The summed E-state index contributed by atoms with van der Waals surface area (Å²) in [4.78, 5) is 11.9. The van der Waals surface area contributed by atoms with Gasteiger partial charge in [-0.25, -0.2) is 5.43 Å². The van der Waals surface area contributed by atoms with Crippen molar-refractivity contribution in [1.29, 1.82) is 0 Å². The zero-order valence-electron chi connectivity index (χ0n) is 17.0. The van der Waals surface area contributed by atoms with Crippen molar-refractivity contribution in [2.24, 2.45) is 5.10 Å². The summed E-state index contributed by atoms with van der Waals surface area (Å²) in [6.07, 6.45) is 1.49. The first-order valence-electron chi connectivity index (χ1n) is 9.39. The summed E-state index contributed by atoms with van der Waals surface area (Å²) in [6, 6.07) is 17.2. The molecule has 3 rings (SSSR count). The van der Waals surface area contributed by atoms with Crippen LogP contribution in [0.5, 0.6) is 17.2 Å². The van der Waals surface area contributed by atoms with Crippen LogP contribution in [0.3, 0.4) is 0 Å². The molecule has 32 heavy (non-hydrogen) atoms. The maximum Gasteiger partial charge on any atom is 0.277 e. The molecular formula is C23H19Cl3N2O4. The van der Waals surface area contributed by atoms with E-state index >= 15 is 0 Å². The Morgan fingerprint density at radius 3 is 2.41 bits per heavy atom. The summed E-state index contributed by atoms with van der Waals surface area (Å²) in [5, 5.41) is 5.60. The lowest BCUT2D eigenvalue weighted by Gasteiger charge is -2.12. The molecule has 0 unspecified atom stereocenters. The fourth-order valence-electron chi connectivity index (χ4n) is 2.57. The average molecular weight is 494 g/mol. The van der Waals surface area contributed by atoms with Gasteiger partial charge in [0.1, 0.15) is 12.4 Å². The van der Waals surface area contributed by atoms with Crippen LogP contribution in [0.1, 0.15) is 11.1 Å². The molecule has 0 aliphatic carbocycles. The Morgan fingerprint density at radius 1 is 0.938 bits per heavy atom. The number of halogens is 3. The monoisotopic (exact) mass is 492 g/mol. The molecule has 3 aromatic carbocycles. The molecule has 1 N–H and O–H groups in total. The predicted octanol–water partition coefficient (Wildman–Crippen LogP) is 5.76. The van der Waals surface area contributed by atoms with Gasteiger partial charge in [0.15, 0.2) is 18.1 Å². The zero-order chi connectivity index (χ0) is 22.9. The van der Waals surface area contributed by atoms with Crippen LogP contribution in [0, 0.1) is 0 Å². The van der Waals surface area contributed by atoms with Gasteiger partial charge < -0.3 is 14.2 Å². The number of hydrogen-bond acceptors (Lipinski definition) is 5. The zero-order valence-corrected chi connectivity index (χ0v) is 19.2. The van der Waals surface area contributed by atoms with Gasteiger partial charge in [-0.15, -0.1) is 0 Å². The van der Waals surface area contributed by atoms with Crippen LogP contribution in [0.25, 0.3) is 0 Å². The molecule has 0 heterocycles. The van der Waals surface area contributed by atoms with Gasteiger partial charge in [0.25, 0.3) is 5.91 Å². The van der Waals surface area contributed by atoms with Crippen molar-refractivity contribution >= 4 is 46.9 Å². The summed E-state index contributed by atoms with van der Waals surface area (Å²) in [5.41, 5.74) is 3.89. The minimum Gasteiger partial charge on any atom is -0.493 e. The molecule has 0 saturated heterocycles. The number of amides is 1. The summed E-state index contributed by atoms with van der Waals surface area (Å²) >= 11 is 17.9. The van der Waals surface area contributed by atoms with Crippen LogP contribution in [0.15, 0.2) is 65.8 Å². The number of nitrogens with zero attached hydrogens (tertiary/aromatic N) is 1. The molecule has 0 radical (unpaired) electrons. The second-order valence-electron chi connectivity index (χ2n) is 6.47. The van der Waals surface area contributed by atoms with Crippen molar-refractivity contribution in [1.82, 2.24) is 5.43 Å². The normalized spacial score (nSPS) is 10.8. The highest BCUT2D eigenvalue weighted by Crippen LogP contribution is 2.30. The van der Waals surface area contributed by atoms with Gasteiger partial charge >= 0.3 is 0 Å². The second-order valence-corrected chi connectivity index (χ2v) is 7.75. The molecule has 1 amide bonds. The molecule has 0 aliphatic rings. The van der Waals surface area contributed by atoms with Gasteiger partial charge in [-0.2, -0.15) is 5.10 Å². The highest BCUT2D eigenvalue weighted by Gasteiger charge is 2.08. The number of rotatable bonds is 9. The van der Waals surface area contributed by atoms with E-state index in [4.69, 9.17) is 49.0 Å². The molecule has 0 aromatic heterocycles. The fraction of sp³-hybridized carbons (Fsp3) is 0.130. The number of carbonyl (C=O) groups excluding carboxylic acids is 1. The van der Waals surface area contributed by atoms with Gasteiger partial charge in [0.05, 0.1) is 13.3 Å². The summed E-state index contributed by atoms with van der Waals surface area (Å²) in [6.45, 7) is 0.0452. The van der Waals surface area contributed by atoms with Crippen molar-refractivity contribution < 1.29 is 19.0 Å². The van der Waals surface area contributed by atoms with Crippen LogP contribution in [-0.4, -0.2) is 25.8 Å². The number of hydrazone groups is 1. The number of hydrogen-bond donors (Lipinski definition) is 1. The molecule has 0 aliphatic heterocycles. The lowest BCUT2D eigenvalue weighted by Crippen LogP contribution is -2.24. The molecule has 166 valence electrons. The van der Waals surface area contributed by atoms with E-state index in [-0.39, 0.29) is 13.2 Å². The van der Waals surface area contributed by atoms with Crippen molar-refractivity contribution in [2.45, 2.75) is 6.61 Å². The van der Waals surface area contributed by atoms with Gasteiger partial charge in [0, 0.05) is 20.6 Å². The minimum atomic E-state index is -0.404. The van der Waals surface area contributed by atoms with Crippen LogP contribution in [0.4, 0.5) is 0 Å². The topological polar surface area (TPSA) is 69.2 Å². The molecule has 6 nitrogen and oxygen atoms in total. The Morgan fingerprint density at radius 2 is 1.69 bits per heavy atom. The number of benzene rings is 3. The number of nitrogens with one attached hydrogen (secondary N) is 1. The standard InChI is InChI=1S/C23H19Cl3N2O4/c1-30-21-9-2-15(10-22(21)32-13-16-3-4-18(25)11-20(16)26)12-27-28-23(29)14-31-19-7-5-17(24)6-8-19/h2-12H,13-14H2,1H3,(H,28,29). The van der Waals surface area contributed by atoms with Gasteiger partial charge in [0.2, 0.25) is 0 Å². The molecular weight excluding hydrogens is 475 g/mol.